The third kappa shape index (κ3) is 2.67. The number of nitrogens with one attached hydrogen (secondary N) is 2. The second-order valence-corrected chi connectivity index (χ2v) is 5.43. The molecule has 0 unspecified atom stereocenters. The van der Waals surface area contributed by atoms with Crippen LogP contribution in [0.5, 0.6) is 0 Å². The summed E-state index contributed by atoms with van der Waals surface area (Å²) in [5.41, 5.74) is 0.733. The van der Waals surface area contributed by atoms with Crippen LogP contribution in [0.2, 0.25) is 0 Å². The number of aryl methyl sites for hydroxylation is 1. The van der Waals surface area contributed by atoms with Gasteiger partial charge in [0.15, 0.2) is 5.82 Å². The van der Waals surface area contributed by atoms with Gasteiger partial charge in [-0.25, -0.2) is 4.79 Å². The molecule has 0 radical (unpaired) electrons. The highest BCUT2D eigenvalue weighted by molar-refractivity contribution is 9.10. The lowest BCUT2D eigenvalue weighted by Crippen LogP contribution is -2.29. The number of rotatable bonds is 3. The van der Waals surface area contributed by atoms with Crippen LogP contribution in [-0.4, -0.2) is 20.8 Å². The number of nitrogens with zero attached hydrogens (tertiary/aromatic N) is 3. The summed E-state index contributed by atoms with van der Waals surface area (Å²) in [7, 11) is 0. The number of carbonyl (C=O) groups is 1. The minimum absolute atomic E-state index is 0.257. The molecule has 3 rings (SSSR count). The van der Waals surface area contributed by atoms with Crippen molar-refractivity contribution in [2.45, 2.75) is 25.9 Å². The van der Waals surface area contributed by atoms with Gasteiger partial charge in [0.1, 0.15) is 5.82 Å². The fraction of sp³-hybridized carbons (Fsp3) is 0.308. The molecule has 2 N–H and O–H groups in total. The lowest BCUT2D eigenvalue weighted by Gasteiger charge is -2.09. The van der Waals surface area contributed by atoms with Crippen LogP contribution in [0, 0.1) is 0 Å². The van der Waals surface area contributed by atoms with Gasteiger partial charge < -0.3 is 15.2 Å². The van der Waals surface area contributed by atoms with Crippen molar-refractivity contribution in [1.29, 1.82) is 0 Å². The zero-order chi connectivity index (χ0) is 13.9. The Morgan fingerprint density at radius 3 is 3.05 bits per heavy atom. The fourth-order valence-electron chi connectivity index (χ4n) is 2.23. The number of urea groups is 1. The number of hydrogen-bond donors (Lipinski definition) is 2. The Morgan fingerprint density at radius 1 is 1.35 bits per heavy atom. The first-order valence-electron chi connectivity index (χ1n) is 6.44. The van der Waals surface area contributed by atoms with Crippen molar-refractivity contribution in [2.24, 2.45) is 0 Å². The summed E-state index contributed by atoms with van der Waals surface area (Å²) < 4.78 is 2.91. The van der Waals surface area contributed by atoms with Gasteiger partial charge in [-0.05, 0) is 34.5 Å². The molecule has 1 aromatic carbocycles. The van der Waals surface area contributed by atoms with E-state index in [1.54, 1.807) is 0 Å². The minimum atomic E-state index is -0.257. The maximum absolute atomic E-state index is 11.9. The third-order valence-corrected chi connectivity index (χ3v) is 3.91. The molecule has 20 heavy (non-hydrogen) atoms. The van der Waals surface area contributed by atoms with Gasteiger partial charge >= 0.3 is 6.03 Å². The van der Waals surface area contributed by atoms with E-state index in [4.69, 9.17) is 0 Å². The number of hydrogen-bond acceptors (Lipinski definition) is 3. The number of fused-ring (bicyclic) bond motifs is 1. The quantitative estimate of drug-likeness (QED) is 0.904. The molecule has 0 atom stereocenters. The minimum Gasteiger partial charge on any atom is -0.331 e. The van der Waals surface area contributed by atoms with Crippen molar-refractivity contribution < 1.29 is 4.79 Å². The fourth-order valence-corrected chi connectivity index (χ4v) is 2.61. The van der Waals surface area contributed by atoms with Gasteiger partial charge in [-0.2, -0.15) is 0 Å². The molecule has 0 bridgehead atoms. The van der Waals surface area contributed by atoms with Crippen LogP contribution in [0.4, 0.5) is 10.5 Å². The number of anilines is 1. The van der Waals surface area contributed by atoms with Crippen molar-refractivity contribution in [3.8, 4) is 0 Å². The van der Waals surface area contributed by atoms with Crippen LogP contribution in [0.3, 0.4) is 0 Å². The second-order valence-electron chi connectivity index (χ2n) is 4.58. The molecule has 0 spiro atoms. The summed E-state index contributed by atoms with van der Waals surface area (Å²) >= 11 is 3.39. The monoisotopic (exact) mass is 335 g/mol. The molecular weight excluding hydrogens is 322 g/mol. The van der Waals surface area contributed by atoms with Crippen molar-refractivity contribution in [3.63, 3.8) is 0 Å². The first-order chi connectivity index (χ1) is 9.74. The van der Waals surface area contributed by atoms with Crippen LogP contribution in [0.1, 0.15) is 18.1 Å². The van der Waals surface area contributed by atoms with Gasteiger partial charge in [-0.3, -0.25) is 0 Å². The molecule has 0 saturated heterocycles. The van der Waals surface area contributed by atoms with E-state index in [1.165, 1.54) is 0 Å². The van der Waals surface area contributed by atoms with Gasteiger partial charge in [0.25, 0.3) is 0 Å². The van der Waals surface area contributed by atoms with Crippen LogP contribution >= 0.6 is 15.9 Å². The molecule has 0 fully saturated rings. The van der Waals surface area contributed by atoms with Gasteiger partial charge in [0.05, 0.1) is 12.2 Å². The van der Waals surface area contributed by atoms with Gasteiger partial charge in [-0.1, -0.05) is 12.1 Å². The molecule has 1 aliphatic heterocycles. The Balaban J connectivity index is 1.58. The average Bonchev–Trinajstić information content (AvgIpc) is 3.02. The number of carbonyl (C=O) groups excluding carboxylic acids is 1. The number of halogens is 1. The molecule has 7 heteroatoms. The summed E-state index contributed by atoms with van der Waals surface area (Å²) in [6, 6.07) is 7.21. The lowest BCUT2D eigenvalue weighted by molar-refractivity contribution is 0.251. The molecule has 1 aromatic heterocycles. The normalized spacial score (nSPS) is 13.1. The zero-order valence-electron chi connectivity index (χ0n) is 10.8. The second kappa shape index (κ2) is 5.62. The lowest BCUT2D eigenvalue weighted by atomic mass is 10.3. The summed E-state index contributed by atoms with van der Waals surface area (Å²) in [5.74, 6) is 1.81. The molecular formula is C13H14BrN5O. The largest absolute Gasteiger partial charge is 0.331 e. The first-order valence-corrected chi connectivity index (χ1v) is 7.23. The van der Waals surface area contributed by atoms with E-state index in [0.29, 0.717) is 6.54 Å². The van der Waals surface area contributed by atoms with Crippen molar-refractivity contribution in [1.82, 2.24) is 20.1 Å². The molecule has 2 heterocycles. The average molecular weight is 336 g/mol. The maximum atomic E-state index is 11.9. The Morgan fingerprint density at radius 2 is 2.20 bits per heavy atom. The van der Waals surface area contributed by atoms with Gasteiger partial charge in [-0.15, -0.1) is 10.2 Å². The van der Waals surface area contributed by atoms with Crippen molar-refractivity contribution in [3.05, 3.63) is 40.4 Å². The maximum Gasteiger partial charge on any atom is 0.319 e. The van der Waals surface area contributed by atoms with Crippen LogP contribution in [-0.2, 0) is 19.5 Å². The molecule has 104 valence electrons. The van der Waals surface area contributed by atoms with E-state index in [2.05, 4.69) is 41.3 Å². The van der Waals surface area contributed by atoms with E-state index >= 15 is 0 Å². The van der Waals surface area contributed by atoms with Gasteiger partial charge in [0.2, 0.25) is 0 Å². The Kier molecular flexibility index (Phi) is 3.68. The van der Waals surface area contributed by atoms with E-state index < -0.39 is 0 Å². The summed E-state index contributed by atoms with van der Waals surface area (Å²) in [5, 5.41) is 13.8. The molecule has 6 nitrogen and oxygen atoms in total. The van der Waals surface area contributed by atoms with E-state index in [9.17, 15) is 4.79 Å². The summed E-state index contributed by atoms with van der Waals surface area (Å²) in [6.45, 7) is 1.31. The third-order valence-electron chi connectivity index (χ3n) is 3.22. The van der Waals surface area contributed by atoms with Crippen LogP contribution in [0.25, 0.3) is 0 Å². The highest BCUT2D eigenvalue weighted by Gasteiger charge is 2.17. The number of para-hydroxylation sites is 1. The van der Waals surface area contributed by atoms with E-state index in [-0.39, 0.29) is 6.03 Å². The SMILES string of the molecule is O=C(NCc1nnc2n1CCC2)Nc1ccccc1Br. The predicted octanol–water partition coefficient (Wildman–Crippen LogP) is 2.31. The highest BCUT2D eigenvalue weighted by atomic mass is 79.9. The standard InChI is InChI=1S/C13H14BrN5O/c14-9-4-1-2-5-10(9)16-13(20)15-8-12-18-17-11-6-3-7-19(11)12/h1-2,4-5H,3,6-8H2,(H2,15,16,20). The molecule has 1 aliphatic rings. The van der Waals surface area contributed by atoms with E-state index in [0.717, 1.165) is 41.2 Å². The molecule has 2 amide bonds. The van der Waals surface area contributed by atoms with Crippen molar-refractivity contribution >= 4 is 27.6 Å². The topological polar surface area (TPSA) is 71.8 Å². The first kappa shape index (κ1) is 13.1. The van der Waals surface area contributed by atoms with Crippen molar-refractivity contribution in [2.75, 3.05) is 5.32 Å². The Hall–Kier alpha value is -1.89. The predicted molar refractivity (Wildman–Crippen MR) is 78.3 cm³/mol. The molecule has 0 aliphatic carbocycles. The molecule has 0 saturated carbocycles. The number of benzene rings is 1. The van der Waals surface area contributed by atoms with Crippen LogP contribution < -0.4 is 10.6 Å². The van der Waals surface area contributed by atoms with Crippen LogP contribution in [0.15, 0.2) is 28.7 Å². The number of amides is 2. The summed E-state index contributed by atoms with van der Waals surface area (Å²) in [4.78, 5) is 11.9. The van der Waals surface area contributed by atoms with E-state index in [1.807, 2.05) is 24.3 Å². The Bertz CT molecular complexity index is 639. The smallest absolute Gasteiger partial charge is 0.319 e. The zero-order valence-corrected chi connectivity index (χ0v) is 12.4. The van der Waals surface area contributed by atoms with Gasteiger partial charge in [0, 0.05) is 17.4 Å². The Labute approximate surface area is 124 Å². The summed E-state index contributed by atoms with van der Waals surface area (Å²) in [6.07, 6.45) is 2.07. The molecule has 2 aromatic rings. The highest BCUT2D eigenvalue weighted by Crippen LogP contribution is 2.21. The number of aromatic nitrogens is 3.